The molecule has 1 atom stereocenters. The molecule has 0 aliphatic rings. The van der Waals surface area contributed by atoms with Crippen LogP contribution in [-0.2, 0) is 11.3 Å². The second-order valence-corrected chi connectivity index (χ2v) is 1.57. The zero-order valence-corrected chi connectivity index (χ0v) is 4.83. The van der Waals surface area contributed by atoms with Crippen molar-refractivity contribution in [2.75, 3.05) is 6.54 Å². The molecule has 0 aromatic carbocycles. The highest BCUT2D eigenvalue weighted by Crippen LogP contribution is 1.53. The number of rotatable bonds is 3. The Morgan fingerprint density at radius 2 is 2.50 bits per heavy atom. The average molecular weight is 133 g/mol. The Morgan fingerprint density at radius 1 is 1.88 bits per heavy atom. The summed E-state index contributed by atoms with van der Waals surface area (Å²) in [5, 5.41) is 0. The van der Waals surface area contributed by atoms with E-state index in [0.717, 1.165) is 0 Å². The van der Waals surface area contributed by atoms with Crippen molar-refractivity contribution < 1.29 is 8.76 Å². The smallest absolute Gasteiger partial charge is 0.0718 e. The molecule has 2 N–H and O–H groups in total. The van der Waals surface area contributed by atoms with Gasteiger partial charge in [-0.1, -0.05) is 5.92 Å². The first-order valence-corrected chi connectivity index (χ1v) is 2.86. The van der Waals surface area contributed by atoms with Crippen LogP contribution in [0.3, 0.4) is 0 Å². The fraction of sp³-hybridized carbons (Fsp3) is 0.333. The van der Waals surface area contributed by atoms with Crippen LogP contribution in [0.25, 0.3) is 0 Å². The standard InChI is InChI=1S/C3H6N2O2S/c1-2-3-4-5-8(6)7/h1,4-5H,3H2,(H,6,7)/p-1. The van der Waals surface area contributed by atoms with Crippen LogP contribution in [0.4, 0.5) is 0 Å². The summed E-state index contributed by atoms with van der Waals surface area (Å²) < 4.78 is 19.3. The molecule has 0 rings (SSSR count). The Balaban J connectivity index is 2.97. The minimum Gasteiger partial charge on any atom is -0.759 e. The van der Waals surface area contributed by atoms with Crippen LogP contribution >= 0.6 is 0 Å². The van der Waals surface area contributed by atoms with Crippen LogP contribution in [0.15, 0.2) is 0 Å². The van der Waals surface area contributed by atoms with Crippen molar-refractivity contribution in [2.24, 2.45) is 0 Å². The zero-order chi connectivity index (χ0) is 6.41. The fourth-order valence-electron chi connectivity index (χ4n) is 0.146. The topological polar surface area (TPSA) is 64.2 Å². The van der Waals surface area contributed by atoms with Gasteiger partial charge in [0.25, 0.3) is 0 Å². The minimum atomic E-state index is -2.27. The molecule has 0 spiro atoms. The molecule has 46 valence electrons. The first kappa shape index (κ1) is 7.59. The third-order valence-electron chi connectivity index (χ3n) is 0.346. The molecule has 0 aliphatic carbocycles. The molecule has 4 nitrogen and oxygen atoms in total. The number of hydrazine groups is 1. The second kappa shape index (κ2) is 4.74. The number of hydrogen-bond acceptors (Lipinski definition) is 3. The van der Waals surface area contributed by atoms with Gasteiger partial charge in [-0.15, -0.1) is 6.42 Å². The highest BCUT2D eigenvalue weighted by atomic mass is 32.2. The largest absolute Gasteiger partial charge is 0.759 e. The minimum absolute atomic E-state index is 0.188. The molecule has 8 heavy (non-hydrogen) atoms. The van der Waals surface area contributed by atoms with E-state index in [-0.39, 0.29) is 6.54 Å². The molecule has 0 aliphatic heterocycles. The summed E-state index contributed by atoms with van der Waals surface area (Å²) in [4.78, 5) is 1.87. The normalized spacial score (nSPS) is 12.5. The zero-order valence-electron chi connectivity index (χ0n) is 4.01. The summed E-state index contributed by atoms with van der Waals surface area (Å²) in [7, 11) is 0. The van der Waals surface area contributed by atoms with Gasteiger partial charge in [-0.25, -0.2) is 5.43 Å². The molecule has 0 fully saturated rings. The van der Waals surface area contributed by atoms with E-state index in [2.05, 4.69) is 11.3 Å². The van der Waals surface area contributed by atoms with Crippen molar-refractivity contribution in [3.63, 3.8) is 0 Å². The first-order chi connectivity index (χ1) is 3.77. The van der Waals surface area contributed by atoms with Crippen LogP contribution in [-0.4, -0.2) is 15.3 Å². The van der Waals surface area contributed by atoms with Crippen LogP contribution in [0.2, 0.25) is 0 Å². The molecule has 0 saturated heterocycles. The third kappa shape index (κ3) is 5.59. The predicted molar refractivity (Wildman–Crippen MR) is 28.9 cm³/mol. The molecule has 0 saturated carbocycles. The van der Waals surface area contributed by atoms with E-state index >= 15 is 0 Å². The summed E-state index contributed by atoms with van der Waals surface area (Å²) in [6, 6.07) is 0. The lowest BCUT2D eigenvalue weighted by molar-refractivity contribution is 0.510. The molecule has 0 aromatic rings. The van der Waals surface area contributed by atoms with Crippen LogP contribution in [0, 0.1) is 12.3 Å². The first-order valence-electron chi connectivity index (χ1n) is 1.78. The molecule has 0 amide bonds. The lowest BCUT2D eigenvalue weighted by atomic mass is 10.7. The summed E-state index contributed by atoms with van der Waals surface area (Å²) in [5.74, 6) is 2.18. The maximum atomic E-state index is 9.63. The van der Waals surface area contributed by atoms with Crippen molar-refractivity contribution in [1.82, 2.24) is 10.3 Å². The van der Waals surface area contributed by atoms with Crippen LogP contribution in [0.1, 0.15) is 0 Å². The Morgan fingerprint density at radius 3 is 2.88 bits per heavy atom. The molecule has 0 heterocycles. The summed E-state index contributed by atoms with van der Waals surface area (Å²) in [6.07, 6.45) is 4.76. The van der Waals surface area contributed by atoms with Crippen molar-refractivity contribution >= 4 is 11.3 Å². The Kier molecular flexibility index (Phi) is 4.50. The molecule has 0 aromatic heterocycles. The van der Waals surface area contributed by atoms with Gasteiger partial charge in [-0.3, -0.25) is 4.21 Å². The third-order valence-corrected chi connectivity index (χ3v) is 0.657. The molecule has 5 heteroatoms. The van der Waals surface area contributed by atoms with Gasteiger partial charge in [-0.05, 0) is 0 Å². The van der Waals surface area contributed by atoms with Gasteiger partial charge in [0.05, 0.1) is 6.54 Å². The maximum absolute atomic E-state index is 9.63. The van der Waals surface area contributed by atoms with Crippen LogP contribution < -0.4 is 10.3 Å². The van der Waals surface area contributed by atoms with Gasteiger partial charge in [0, 0.05) is 11.3 Å². The molecule has 1 unspecified atom stereocenters. The predicted octanol–water partition coefficient (Wildman–Crippen LogP) is -1.49. The lowest BCUT2D eigenvalue weighted by Gasteiger charge is -2.04. The summed E-state index contributed by atoms with van der Waals surface area (Å²) in [6.45, 7) is 0.188. The Labute approximate surface area is 50.1 Å². The van der Waals surface area contributed by atoms with E-state index in [1.165, 1.54) is 0 Å². The van der Waals surface area contributed by atoms with Gasteiger partial charge in [-0.2, -0.15) is 4.83 Å². The van der Waals surface area contributed by atoms with Gasteiger partial charge in [0.15, 0.2) is 0 Å². The van der Waals surface area contributed by atoms with E-state index < -0.39 is 11.3 Å². The van der Waals surface area contributed by atoms with Crippen LogP contribution in [0.5, 0.6) is 0 Å². The van der Waals surface area contributed by atoms with E-state index in [0.29, 0.717) is 0 Å². The lowest BCUT2D eigenvalue weighted by Crippen LogP contribution is -2.33. The second-order valence-electron chi connectivity index (χ2n) is 0.894. The monoisotopic (exact) mass is 133 g/mol. The Hall–Kier alpha value is -0.410. The van der Waals surface area contributed by atoms with Crippen molar-refractivity contribution in [2.45, 2.75) is 0 Å². The SMILES string of the molecule is C#CCNNS(=O)[O-]. The van der Waals surface area contributed by atoms with Gasteiger partial charge >= 0.3 is 0 Å². The number of hydrogen-bond donors (Lipinski definition) is 2. The highest BCUT2D eigenvalue weighted by Gasteiger charge is 1.74. The van der Waals surface area contributed by atoms with E-state index in [1.807, 2.05) is 4.83 Å². The molecule has 0 bridgehead atoms. The maximum Gasteiger partial charge on any atom is 0.0718 e. The number of nitrogens with one attached hydrogen (secondary N) is 2. The van der Waals surface area contributed by atoms with Gasteiger partial charge in [0.2, 0.25) is 0 Å². The quantitative estimate of drug-likeness (QED) is 0.213. The molecular weight excluding hydrogens is 128 g/mol. The highest BCUT2D eigenvalue weighted by molar-refractivity contribution is 7.76. The molecule has 0 radical (unpaired) electrons. The molecular formula is C3H5N2O2S-. The summed E-state index contributed by atoms with van der Waals surface area (Å²) in [5.41, 5.74) is 2.24. The van der Waals surface area contributed by atoms with Crippen molar-refractivity contribution in [3.8, 4) is 12.3 Å². The summed E-state index contributed by atoms with van der Waals surface area (Å²) >= 11 is -2.27. The Bertz CT molecular complexity index is 119. The number of terminal acetylenes is 1. The van der Waals surface area contributed by atoms with E-state index in [9.17, 15) is 8.76 Å². The van der Waals surface area contributed by atoms with Gasteiger partial charge < -0.3 is 4.55 Å². The van der Waals surface area contributed by atoms with E-state index in [1.54, 1.807) is 0 Å². The van der Waals surface area contributed by atoms with Gasteiger partial charge in [0.1, 0.15) is 0 Å². The fourth-order valence-corrected chi connectivity index (χ4v) is 0.336. The van der Waals surface area contributed by atoms with Crippen molar-refractivity contribution in [3.05, 3.63) is 0 Å². The van der Waals surface area contributed by atoms with Crippen molar-refractivity contribution in [1.29, 1.82) is 0 Å². The average Bonchev–Trinajstić information content (AvgIpc) is 1.66. The van der Waals surface area contributed by atoms with E-state index in [4.69, 9.17) is 6.42 Å².